The number of fused-ring (bicyclic) bond motifs is 7. The van der Waals surface area contributed by atoms with Crippen molar-refractivity contribution in [3.05, 3.63) is 11.6 Å². The Bertz CT molecular complexity index is 1310. The summed E-state index contributed by atoms with van der Waals surface area (Å²) in [5.41, 5.74) is 7.72. The Balaban J connectivity index is 1.23. The quantitative estimate of drug-likeness (QED) is 0.0481. The van der Waals surface area contributed by atoms with Crippen LogP contribution in [-0.4, -0.2) is 117 Å². The van der Waals surface area contributed by atoms with Crippen LogP contribution in [0.5, 0.6) is 0 Å². The molecular weight excluding hydrogens is 689 g/mol. The van der Waals surface area contributed by atoms with Gasteiger partial charge in [0.15, 0.2) is 0 Å². The number of allylic oxidation sites excluding steroid dienone is 2. The largest absolute Gasteiger partial charge is 0.480 e. The summed E-state index contributed by atoms with van der Waals surface area (Å²) in [5.74, 6) is 3.58. The first-order chi connectivity index (χ1) is 26.3. The molecule has 10 nitrogen and oxygen atoms in total. The van der Waals surface area contributed by atoms with E-state index in [1.165, 1.54) is 38.5 Å². The molecule has 314 valence electrons. The van der Waals surface area contributed by atoms with Crippen LogP contribution in [0.1, 0.15) is 125 Å². The highest BCUT2D eigenvalue weighted by atomic mass is 16.4. The zero-order valence-corrected chi connectivity index (χ0v) is 35.8. The minimum atomic E-state index is -0.827. The van der Waals surface area contributed by atoms with Crippen molar-refractivity contribution in [2.75, 3.05) is 72.6 Å². The molecule has 0 saturated heterocycles. The lowest BCUT2D eigenvalue weighted by atomic mass is 9.41. The van der Waals surface area contributed by atoms with E-state index in [-0.39, 0.29) is 16.7 Å². The lowest BCUT2D eigenvalue weighted by Crippen LogP contribution is -2.58. The fourth-order valence-electron chi connectivity index (χ4n) is 12.6. The van der Waals surface area contributed by atoms with Gasteiger partial charge >= 0.3 is 5.97 Å². The smallest absolute Gasteiger partial charge is 0.320 e. The molecule has 0 radical (unpaired) electrons. The summed E-state index contributed by atoms with van der Waals surface area (Å²) in [6.45, 7) is 18.2. The molecule has 0 aliphatic heterocycles. The average molecular weight is 769 g/mol. The number of hydrogen-bond donors (Lipinski definition) is 4. The second kappa shape index (κ2) is 19.7. The minimum absolute atomic E-state index is 0.201. The van der Waals surface area contributed by atoms with Gasteiger partial charge < -0.3 is 26.3 Å². The van der Waals surface area contributed by atoms with Gasteiger partial charge in [-0.2, -0.15) is 0 Å². The number of likely N-dealkylation sites (N-methyl/N-ethyl adjacent to an activating group) is 1. The second-order valence-corrected chi connectivity index (χ2v) is 19.7. The van der Waals surface area contributed by atoms with Gasteiger partial charge in [-0.1, -0.05) is 52.7 Å². The molecule has 0 bridgehead atoms. The molecule has 55 heavy (non-hydrogen) atoms. The van der Waals surface area contributed by atoms with Crippen molar-refractivity contribution in [1.82, 2.24) is 25.3 Å². The number of amides is 1. The minimum Gasteiger partial charge on any atom is -0.480 e. The molecule has 7 unspecified atom stereocenters. The van der Waals surface area contributed by atoms with Crippen molar-refractivity contribution in [1.29, 1.82) is 0 Å². The third kappa shape index (κ3) is 10.1. The molecule has 0 spiro atoms. The number of rotatable bonds is 21. The normalized spacial score (nSPS) is 33.2. The molecule has 0 aromatic carbocycles. The topological polar surface area (TPSA) is 131 Å². The summed E-state index contributed by atoms with van der Waals surface area (Å²) in [4.78, 5) is 44.9. The van der Waals surface area contributed by atoms with Gasteiger partial charge in [0.2, 0.25) is 5.91 Å². The molecule has 9 atom stereocenters. The molecule has 4 saturated carbocycles. The maximum Gasteiger partial charge on any atom is 0.320 e. The van der Waals surface area contributed by atoms with E-state index < -0.39 is 12.0 Å². The number of carbonyl (C=O) groups is 3. The second-order valence-electron chi connectivity index (χ2n) is 19.7. The number of carboxylic acids is 1. The molecule has 5 aliphatic carbocycles. The van der Waals surface area contributed by atoms with Crippen LogP contribution in [0.3, 0.4) is 0 Å². The molecule has 10 heteroatoms. The van der Waals surface area contributed by atoms with Crippen molar-refractivity contribution in [2.24, 2.45) is 57.5 Å². The van der Waals surface area contributed by atoms with Crippen molar-refractivity contribution in [2.45, 2.75) is 131 Å². The number of aldehydes is 1. The Morgan fingerprint density at radius 3 is 2.45 bits per heavy atom. The van der Waals surface area contributed by atoms with Crippen LogP contribution in [0.15, 0.2) is 11.6 Å². The van der Waals surface area contributed by atoms with E-state index in [0.717, 1.165) is 81.6 Å². The lowest BCUT2D eigenvalue weighted by Gasteiger charge is -2.63. The van der Waals surface area contributed by atoms with Crippen molar-refractivity contribution >= 4 is 18.2 Å². The van der Waals surface area contributed by atoms with E-state index in [0.29, 0.717) is 82.6 Å². The molecule has 0 aromatic rings. The van der Waals surface area contributed by atoms with Gasteiger partial charge in [-0.15, -0.1) is 0 Å². The van der Waals surface area contributed by atoms with Gasteiger partial charge in [-0.05, 0) is 143 Å². The molecular formula is C45H80N6O4. The molecule has 5 N–H and O–H groups in total. The fraction of sp³-hybridized carbons (Fsp3) is 0.889. The zero-order chi connectivity index (χ0) is 39.8. The molecule has 0 heterocycles. The fourth-order valence-corrected chi connectivity index (χ4v) is 12.6. The van der Waals surface area contributed by atoms with Gasteiger partial charge in [0.1, 0.15) is 12.3 Å². The molecule has 5 aliphatic rings. The molecule has 5 rings (SSSR count). The average Bonchev–Trinajstić information content (AvgIpc) is 3.16. The van der Waals surface area contributed by atoms with Crippen LogP contribution in [0.25, 0.3) is 0 Å². The highest BCUT2D eigenvalue weighted by Gasteiger charge is 2.61. The van der Waals surface area contributed by atoms with E-state index in [1.807, 2.05) is 11.9 Å². The molecule has 0 aromatic heterocycles. The number of hydrogen-bond acceptors (Lipinski definition) is 8. The first-order valence-electron chi connectivity index (χ1n) is 22.5. The van der Waals surface area contributed by atoms with Gasteiger partial charge in [0.25, 0.3) is 0 Å². The van der Waals surface area contributed by atoms with Crippen molar-refractivity contribution in [3.63, 3.8) is 0 Å². The Kier molecular flexibility index (Phi) is 15.9. The number of nitrogens with one attached hydrogen (secondary N) is 2. The number of nitrogens with two attached hydrogens (primary N) is 1. The van der Waals surface area contributed by atoms with Gasteiger partial charge in [-0.25, -0.2) is 0 Å². The predicted molar refractivity (Wildman–Crippen MR) is 222 cm³/mol. The summed E-state index contributed by atoms with van der Waals surface area (Å²) < 4.78 is 0. The van der Waals surface area contributed by atoms with Crippen LogP contribution in [0.4, 0.5) is 0 Å². The Morgan fingerprint density at radius 2 is 1.73 bits per heavy atom. The number of carboxylic acid groups (broad SMARTS) is 1. The van der Waals surface area contributed by atoms with Crippen LogP contribution >= 0.6 is 0 Å². The third-order valence-electron chi connectivity index (χ3n) is 15.9. The molecule has 1 amide bonds. The van der Waals surface area contributed by atoms with Crippen molar-refractivity contribution in [3.8, 4) is 0 Å². The standard InChI is InChI=1S/C45H80N6O4/c1-7-21-47-23-24-51(28-27-50(29-30-52)26-25-49(6)32-46)40(41(53)54)11-9-22-48-42(55)45-18-16-33(2)31-39(45)38-13-12-35-34-10-8-17-43(3,4)36(34)14-15-37(35)44(38,5)19-20-45/h13,30,33-37,39-40,47H,7-12,14-29,31-32,46H2,1-6H3,(H,48,55)(H,53,54)/t33?,34?,35?,36?,37?,39-,40?,44?,45-/m1/s1. The van der Waals surface area contributed by atoms with Crippen LogP contribution in [0, 0.1) is 51.8 Å². The Morgan fingerprint density at radius 1 is 0.964 bits per heavy atom. The summed E-state index contributed by atoms with van der Waals surface area (Å²) in [7, 11) is 1.95. The van der Waals surface area contributed by atoms with Crippen LogP contribution < -0.4 is 16.4 Å². The monoisotopic (exact) mass is 769 g/mol. The van der Waals surface area contributed by atoms with E-state index >= 15 is 0 Å². The van der Waals surface area contributed by atoms with E-state index in [1.54, 1.807) is 5.57 Å². The first kappa shape index (κ1) is 44.3. The zero-order valence-electron chi connectivity index (χ0n) is 35.8. The van der Waals surface area contributed by atoms with Crippen molar-refractivity contribution < 1.29 is 19.5 Å². The summed E-state index contributed by atoms with van der Waals surface area (Å²) >= 11 is 0. The van der Waals surface area contributed by atoms with Crippen LogP contribution in [0.2, 0.25) is 0 Å². The number of carbonyl (C=O) groups excluding carboxylic acids is 2. The van der Waals surface area contributed by atoms with E-state index in [4.69, 9.17) is 5.73 Å². The van der Waals surface area contributed by atoms with Crippen LogP contribution in [-0.2, 0) is 14.4 Å². The first-order valence-corrected chi connectivity index (χ1v) is 22.5. The summed E-state index contributed by atoms with van der Waals surface area (Å²) in [6, 6.07) is -0.660. The Hall–Kier alpha value is -1.85. The lowest BCUT2D eigenvalue weighted by molar-refractivity contribution is -0.143. The highest BCUT2D eigenvalue weighted by Crippen LogP contribution is 2.68. The maximum atomic E-state index is 14.5. The Labute approximate surface area is 334 Å². The van der Waals surface area contributed by atoms with E-state index in [2.05, 4.69) is 61.1 Å². The SMILES string of the molecule is CCCNCCN(CCN(CC=O)CCN(C)CN)C(CCCNC(=O)[C@@]12CCC(C)C[C@@H]1C1=CCC3C4CCCC(C)(C)C4CCC3C1(C)CC2)C(=O)O. The number of nitrogens with zero attached hydrogens (tertiary/aromatic N) is 3. The predicted octanol–water partition coefficient (Wildman–Crippen LogP) is 6.01. The van der Waals surface area contributed by atoms with E-state index in [9.17, 15) is 19.5 Å². The van der Waals surface area contributed by atoms with Gasteiger partial charge in [0, 0.05) is 52.5 Å². The van der Waals surface area contributed by atoms with Gasteiger partial charge in [-0.3, -0.25) is 24.3 Å². The third-order valence-corrected chi connectivity index (χ3v) is 15.9. The maximum absolute atomic E-state index is 14.5. The molecule has 4 fully saturated rings. The summed E-state index contributed by atoms with van der Waals surface area (Å²) in [6.07, 6.45) is 19.0. The highest BCUT2D eigenvalue weighted by molar-refractivity contribution is 5.84. The number of aliphatic carboxylic acids is 1. The summed E-state index contributed by atoms with van der Waals surface area (Å²) in [5, 5.41) is 17.3. The van der Waals surface area contributed by atoms with Gasteiger partial charge in [0.05, 0.1) is 12.0 Å².